The topological polar surface area (TPSA) is 66.9 Å². The van der Waals surface area contributed by atoms with Gasteiger partial charge in [-0.1, -0.05) is 11.3 Å². The number of nitrogens with zero attached hydrogens (tertiary/aromatic N) is 2. The summed E-state index contributed by atoms with van der Waals surface area (Å²) in [6.45, 7) is 1.97. The zero-order valence-electron chi connectivity index (χ0n) is 12.5. The molecule has 0 aliphatic rings. The van der Waals surface area contributed by atoms with Crippen molar-refractivity contribution in [2.75, 3.05) is 10.6 Å². The molecule has 0 bridgehead atoms. The number of halogens is 1. The largest absolute Gasteiger partial charge is 0.325 e. The molecule has 2 heterocycles. The number of rotatable bonds is 2. The van der Waals surface area contributed by atoms with E-state index in [9.17, 15) is 9.18 Å². The van der Waals surface area contributed by atoms with Crippen molar-refractivity contribution in [3.05, 3.63) is 47.2 Å². The third kappa shape index (κ3) is 2.81. The number of nitrogens with one attached hydrogen (secondary N) is 2. The Bertz CT molecular complexity index is 1060. The molecule has 0 unspecified atom stereocenters. The van der Waals surface area contributed by atoms with E-state index in [4.69, 9.17) is 0 Å². The quantitative estimate of drug-likeness (QED) is 0.530. The summed E-state index contributed by atoms with van der Waals surface area (Å²) in [5.41, 5.74) is 2.28. The average molecular weight is 358 g/mol. The predicted octanol–water partition coefficient (Wildman–Crippen LogP) is 5.00. The van der Waals surface area contributed by atoms with Gasteiger partial charge in [-0.2, -0.15) is 0 Å². The summed E-state index contributed by atoms with van der Waals surface area (Å²) >= 11 is 3.02. The molecule has 0 saturated heterocycles. The van der Waals surface area contributed by atoms with Crippen LogP contribution in [0.15, 0.2) is 36.4 Å². The molecule has 0 spiro atoms. The van der Waals surface area contributed by atoms with Gasteiger partial charge in [0.1, 0.15) is 5.82 Å². The molecule has 8 heteroatoms. The number of amides is 2. The zero-order valence-corrected chi connectivity index (χ0v) is 14.1. The molecule has 5 nitrogen and oxygen atoms in total. The fourth-order valence-electron chi connectivity index (χ4n) is 2.33. The van der Waals surface area contributed by atoms with E-state index in [1.54, 1.807) is 11.3 Å². The van der Waals surface area contributed by atoms with E-state index in [1.165, 1.54) is 35.6 Å². The number of urea groups is 1. The second-order valence-corrected chi connectivity index (χ2v) is 7.30. The molecular weight excluding hydrogens is 347 g/mol. The number of aryl methyl sites for hydroxylation is 1. The summed E-state index contributed by atoms with van der Waals surface area (Å²) in [4.78, 5) is 20.9. The monoisotopic (exact) mass is 358 g/mol. The van der Waals surface area contributed by atoms with Crippen LogP contribution >= 0.6 is 22.7 Å². The normalized spacial score (nSPS) is 11.1. The van der Waals surface area contributed by atoms with Gasteiger partial charge in [0.25, 0.3) is 0 Å². The van der Waals surface area contributed by atoms with Crippen LogP contribution < -0.4 is 10.6 Å². The first-order valence-corrected chi connectivity index (χ1v) is 8.72. The van der Waals surface area contributed by atoms with Gasteiger partial charge < -0.3 is 5.32 Å². The van der Waals surface area contributed by atoms with Crippen molar-refractivity contribution in [2.24, 2.45) is 0 Å². The highest BCUT2D eigenvalue weighted by Crippen LogP contribution is 2.35. The Morgan fingerprint density at radius 1 is 0.958 bits per heavy atom. The van der Waals surface area contributed by atoms with Crippen LogP contribution in [0.3, 0.4) is 0 Å². The number of carbonyl (C=O) groups excluding carboxylic acids is 1. The van der Waals surface area contributed by atoms with Gasteiger partial charge in [0.05, 0.1) is 25.4 Å². The van der Waals surface area contributed by atoms with Gasteiger partial charge in [-0.3, -0.25) is 5.32 Å². The van der Waals surface area contributed by atoms with Crippen LogP contribution in [0.2, 0.25) is 0 Å². The van der Waals surface area contributed by atoms with Crippen molar-refractivity contribution in [2.45, 2.75) is 6.92 Å². The second kappa shape index (κ2) is 5.81. The van der Waals surface area contributed by atoms with E-state index in [0.29, 0.717) is 10.8 Å². The smallest absolute Gasteiger partial charge is 0.308 e. The molecule has 4 rings (SSSR count). The maximum absolute atomic E-state index is 12.9. The minimum absolute atomic E-state index is 0.351. The molecule has 2 amide bonds. The van der Waals surface area contributed by atoms with Crippen LogP contribution in [0.5, 0.6) is 0 Å². The van der Waals surface area contributed by atoms with Crippen LogP contribution in [-0.4, -0.2) is 16.0 Å². The molecule has 0 aliphatic heterocycles. The molecule has 0 atom stereocenters. The predicted molar refractivity (Wildman–Crippen MR) is 96.6 cm³/mol. The number of carbonyl (C=O) groups is 1. The second-order valence-electron chi connectivity index (χ2n) is 5.10. The van der Waals surface area contributed by atoms with Gasteiger partial charge in [0.15, 0.2) is 5.13 Å². The van der Waals surface area contributed by atoms with E-state index in [0.717, 1.165) is 25.4 Å². The van der Waals surface area contributed by atoms with Crippen LogP contribution in [0.4, 0.5) is 20.0 Å². The molecule has 4 aromatic rings. The van der Waals surface area contributed by atoms with E-state index < -0.39 is 6.03 Å². The number of hydrogen-bond donors (Lipinski definition) is 2. The Kier molecular flexibility index (Phi) is 3.62. The lowest BCUT2D eigenvalue weighted by Gasteiger charge is -2.04. The lowest BCUT2D eigenvalue weighted by atomic mass is 10.3. The van der Waals surface area contributed by atoms with Gasteiger partial charge >= 0.3 is 6.03 Å². The summed E-state index contributed by atoms with van der Waals surface area (Å²) in [7, 11) is 0. The third-order valence-electron chi connectivity index (χ3n) is 3.34. The van der Waals surface area contributed by atoms with Gasteiger partial charge in [0, 0.05) is 5.69 Å². The summed E-state index contributed by atoms with van der Waals surface area (Å²) in [5.74, 6) is -0.351. The number of aromatic nitrogens is 2. The Hall–Kier alpha value is -2.58. The third-order valence-corrected chi connectivity index (χ3v) is 5.48. The van der Waals surface area contributed by atoms with E-state index in [-0.39, 0.29) is 5.82 Å². The number of thiazole rings is 2. The highest BCUT2D eigenvalue weighted by molar-refractivity contribution is 7.28. The summed E-state index contributed by atoms with van der Waals surface area (Å²) in [6.07, 6.45) is 0. The van der Waals surface area contributed by atoms with Gasteiger partial charge in [0.2, 0.25) is 0 Å². The summed E-state index contributed by atoms with van der Waals surface area (Å²) < 4.78 is 15.0. The first-order valence-electron chi connectivity index (χ1n) is 7.09. The van der Waals surface area contributed by atoms with Gasteiger partial charge in [-0.15, -0.1) is 11.3 Å². The SMILES string of the molecule is Cc1nc2ccc3nc(NC(=O)Nc4ccc(F)cc4)sc3c2s1. The van der Waals surface area contributed by atoms with Crippen LogP contribution in [0.25, 0.3) is 20.4 Å². The fraction of sp³-hybridized carbons (Fsp3) is 0.0625. The molecule has 0 fully saturated rings. The van der Waals surface area contributed by atoms with Crippen molar-refractivity contribution >= 4 is 60.0 Å². The molecule has 0 aliphatic carbocycles. The minimum atomic E-state index is -0.419. The molecular formula is C16H11FN4OS2. The molecule has 0 radical (unpaired) electrons. The van der Waals surface area contributed by atoms with Gasteiger partial charge in [-0.05, 0) is 43.3 Å². The van der Waals surface area contributed by atoms with Crippen molar-refractivity contribution < 1.29 is 9.18 Å². The molecule has 2 aromatic carbocycles. The van der Waals surface area contributed by atoms with E-state index in [1.807, 2.05) is 19.1 Å². The first kappa shape index (κ1) is 15.0. The molecule has 24 heavy (non-hydrogen) atoms. The van der Waals surface area contributed by atoms with Crippen LogP contribution in [-0.2, 0) is 0 Å². The molecule has 2 aromatic heterocycles. The Balaban J connectivity index is 1.58. The fourth-order valence-corrected chi connectivity index (χ4v) is 4.33. The van der Waals surface area contributed by atoms with Gasteiger partial charge in [-0.25, -0.2) is 19.2 Å². The molecule has 120 valence electrons. The summed E-state index contributed by atoms with van der Waals surface area (Å²) in [6, 6.07) is 8.98. The molecule has 0 saturated carbocycles. The standard InChI is InChI=1S/C16H11FN4OS2/c1-8-18-11-6-7-12-14(13(11)23-8)24-16(20-12)21-15(22)19-10-4-2-9(17)3-5-10/h2-7H,1H3,(H2,19,20,21,22). The van der Waals surface area contributed by atoms with Crippen molar-refractivity contribution in [3.8, 4) is 0 Å². The van der Waals surface area contributed by atoms with Crippen LogP contribution in [0.1, 0.15) is 5.01 Å². The lowest BCUT2D eigenvalue weighted by Crippen LogP contribution is -2.19. The summed E-state index contributed by atoms with van der Waals surface area (Å²) in [5, 5.41) is 6.86. The molecule has 2 N–H and O–H groups in total. The number of fused-ring (bicyclic) bond motifs is 3. The van der Waals surface area contributed by atoms with Crippen LogP contribution in [0, 0.1) is 12.7 Å². The Labute approximate surface area is 144 Å². The highest BCUT2D eigenvalue weighted by atomic mass is 32.1. The minimum Gasteiger partial charge on any atom is -0.308 e. The van der Waals surface area contributed by atoms with Crippen molar-refractivity contribution in [1.82, 2.24) is 9.97 Å². The van der Waals surface area contributed by atoms with Crippen molar-refractivity contribution in [3.63, 3.8) is 0 Å². The highest BCUT2D eigenvalue weighted by Gasteiger charge is 2.12. The lowest BCUT2D eigenvalue weighted by molar-refractivity contribution is 0.262. The number of benzene rings is 2. The maximum atomic E-state index is 12.9. The average Bonchev–Trinajstić information content (AvgIpc) is 3.11. The first-order chi connectivity index (χ1) is 11.6. The van der Waals surface area contributed by atoms with Crippen molar-refractivity contribution in [1.29, 1.82) is 0 Å². The zero-order chi connectivity index (χ0) is 16.7. The Morgan fingerprint density at radius 3 is 2.38 bits per heavy atom. The number of hydrogen-bond acceptors (Lipinski definition) is 5. The maximum Gasteiger partial charge on any atom is 0.325 e. The Morgan fingerprint density at radius 2 is 1.62 bits per heavy atom. The number of anilines is 2. The van der Waals surface area contributed by atoms with E-state index in [2.05, 4.69) is 20.6 Å². The van der Waals surface area contributed by atoms with E-state index >= 15 is 0 Å².